The summed E-state index contributed by atoms with van der Waals surface area (Å²) < 4.78 is 13.5. The van der Waals surface area contributed by atoms with Gasteiger partial charge in [0, 0.05) is 56.4 Å². The quantitative estimate of drug-likeness (QED) is 0.419. The molecule has 2 aromatic rings. The highest BCUT2D eigenvalue weighted by Gasteiger charge is 2.21. The van der Waals surface area contributed by atoms with Crippen LogP contribution in [-0.2, 0) is 11.2 Å². The van der Waals surface area contributed by atoms with Crippen LogP contribution in [-0.4, -0.2) is 67.6 Å². The zero-order chi connectivity index (χ0) is 20.6. The molecule has 7 nitrogen and oxygen atoms in total. The Morgan fingerprint density at radius 3 is 2.86 bits per heavy atom. The van der Waals surface area contributed by atoms with Crippen LogP contribution in [0.2, 0.25) is 0 Å². The number of rotatable bonds is 7. The van der Waals surface area contributed by atoms with E-state index in [-0.39, 0.29) is 11.7 Å². The summed E-state index contributed by atoms with van der Waals surface area (Å²) in [4.78, 5) is 21.6. The third-order valence-electron chi connectivity index (χ3n) is 5.30. The van der Waals surface area contributed by atoms with Crippen molar-refractivity contribution in [2.24, 2.45) is 4.99 Å². The summed E-state index contributed by atoms with van der Waals surface area (Å²) in [6.07, 6.45) is 4.62. The Morgan fingerprint density at radius 1 is 1.34 bits per heavy atom. The first-order chi connectivity index (χ1) is 14.1. The van der Waals surface area contributed by atoms with Crippen LogP contribution in [0.15, 0.2) is 29.4 Å². The van der Waals surface area contributed by atoms with Crippen molar-refractivity contribution in [1.82, 2.24) is 25.8 Å². The van der Waals surface area contributed by atoms with Crippen LogP contribution >= 0.6 is 0 Å². The normalized spacial score (nSPS) is 16.2. The minimum absolute atomic E-state index is 0.0588. The number of carbonyl (C=O) groups excluding carboxylic acids is 1. The molecule has 1 saturated heterocycles. The summed E-state index contributed by atoms with van der Waals surface area (Å²) in [5, 5.41) is 10.4. The van der Waals surface area contributed by atoms with E-state index in [2.05, 4.69) is 25.8 Å². The summed E-state index contributed by atoms with van der Waals surface area (Å²) in [5.74, 6) is 0.645. The number of aromatic nitrogens is 1. The average molecular weight is 403 g/mol. The van der Waals surface area contributed by atoms with Gasteiger partial charge in [0.1, 0.15) is 5.82 Å². The van der Waals surface area contributed by atoms with Gasteiger partial charge in [0.25, 0.3) is 0 Å². The zero-order valence-electron chi connectivity index (χ0n) is 17.2. The molecule has 4 N–H and O–H groups in total. The van der Waals surface area contributed by atoms with Crippen LogP contribution in [0.25, 0.3) is 10.9 Å². The summed E-state index contributed by atoms with van der Waals surface area (Å²) >= 11 is 0. The van der Waals surface area contributed by atoms with Gasteiger partial charge in [-0.3, -0.25) is 14.7 Å². The fourth-order valence-corrected chi connectivity index (χ4v) is 3.68. The van der Waals surface area contributed by atoms with Crippen LogP contribution in [0.5, 0.6) is 0 Å². The highest BCUT2D eigenvalue weighted by Crippen LogP contribution is 2.19. The van der Waals surface area contributed by atoms with Crippen molar-refractivity contribution in [2.75, 3.05) is 39.8 Å². The number of likely N-dealkylation sites (tertiary alicyclic amines) is 1. The lowest BCUT2D eigenvalue weighted by Crippen LogP contribution is -2.50. The number of amides is 1. The third kappa shape index (κ3) is 5.93. The summed E-state index contributed by atoms with van der Waals surface area (Å²) in [5.41, 5.74) is 2.01. The molecule has 0 aliphatic carbocycles. The molecule has 1 amide bonds. The fraction of sp³-hybridized carbons (Fsp3) is 0.524. The molecule has 29 heavy (non-hydrogen) atoms. The van der Waals surface area contributed by atoms with Gasteiger partial charge in [-0.25, -0.2) is 4.39 Å². The van der Waals surface area contributed by atoms with E-state index in [1.807, 2.05) is 13.1 Å². The summed E-state index contributed by atoms with van der Waals surface area (Å²) in [7, 11) is 1.67. The SMILES string of the molecule is CCNC(=NCCc1c[nH]c2ccc(F)cc12)NC1CCN(CC(=O)NC)CC1. The molecule has 0 saturated carbocycles. The number of likely N-dealkylation sites (N-methyl/N-ethyl adjacent to an activating group) is 1. The van der Waals surface area contributed by atoms with Gasteiger partial charge in [-0.1, -0.05) is 0 Å². The second kappa shape index (κ2) is 10.2. The largest absolute Gasteiger partial charge is 0.361 e. The predicted molar refractivity (Wildman–Crippen MR) is 115 cm³/mol. The second-order valence-corrected chi connectivity index (χ2v) is 7.38. The van der Waals surface area contributed by atoms with Gasteiger partial charge in [0.2, 0.25) is 5.91 Å². The molecule has 0 atom stereocenters. The number of guanidine groups is 1. The van der Waals surface area contributed by atoms with Crippen LogP contribution in [0.4, 0.5) is 4.39 Å². The summed E-state index contributed by atoms with van der Waals surface area (Å²) in [6, 6.07) is 5.14. The number of aliphatic imine (C=N–C) groups is 1. The number of carbonyl (C=O) groups is 1. The first-order valence-electron chi connectivity index (χ1n) is 10.3. The van der Waals surface area contributed by atoms with Crippen molar-refractivity contribution in [3.8, 4) is 0 Å². The maximum atomic E-state index is 13.5. The highest BCUT2D eigenvalue weighted by atomic mass is 19.1. The first kappa shape index (κ1) is 21.1. The van der Waals surface area contributed by atoms with E-state index in [0.717, 1.165) is 61.3 Å². The maximum Gasteiger partial charge on any atom is 0.233 e. The lowest BCUT2D eigenvalue weighted by Gasteiger charge is -2.32. The lowest BCUT2D eigenvalue weighted by atomic mass is 10.1. The molecular formula is C21H31FN6O. The zero-order valence-corrected chi connectivity index (χ0v) is 17.2. The number of halogens is 1. The molecule has 158 valence electrons. The van der Waals surface area contributed by atoms with E-state index in [1.165, 1.54) is 6.07 Å². The van der Waals surface area contributed by atoms with E-state index in [4.69, 9.17) is 4.99 Å². The molecule has 3 rings (SSSR count). The predicted octanol–water partition coefficient (Wildman–Crippen LogP) is 1.62. The fourth-order valence-electron chi connectivity index (χ4n) is 3.68. The standard InChI is InChI=1S/C21H31FN6O/c1-3-24-21(27-17-7-10-28(11-8-17)14-20(29)23-2)25-9-6-15-13-26-19-5-4-16(22)12-18(15)19/h4-5,12-13,17,26H,3,6-11,14H2,1-2H3,(H,23,29)(H2,24,25,27). The number of nitrogens with one attached hydrogen (secondary N) is 4. The summed E-state index contributed by atoms with van der Waals surface area (Å²) in [6.45, 7) is 5.71. The van der Waals surface area contributed by atoms with Gasteiger partial charge in [-0.05, 0) is 49.9 Å². The lowest BCUT2D eigenvalue weighted by molar-refractivity contribution is -0.122. The van der Waals surface area contributed by atoms with Crippen molar-refractivity contribution in [3.05, 3.63) is 35.8 Å². The van der Waals surface area contributed by atoms with Crippen molar-refractivity contribution in [3.63, 3.8) is 0 Å². The maximum absolute atomic E-state index is 13.5. The number of aromatic amines is 1. The van der Waals surface area contributed by atoms with Crippen molar-refractivity contribution < 1.29 is 9.18 Å². The molecule has 1 aliphatic rings. The molecule has 2 heterocycles. The molecule has 0 radical (unpaired) electrons. The van der Waals surface area contributed by atoms with Gasteiger partial charge in [-0.2, -0.15) is 0 Å². The van der Waals surface area contributed by atoms with E-state index in [0.29, 0.717) is 19.1 Å². The Bertz CT molecular complexity index is 841. The molecule has 1 aliphatic heterocycles. The smallest absolute Gasteiger partial charge is 0.233 e. The van der Waals surface area contributed by atoms with Gasteiger partial charge < -0.3 is 20.9 Å². The van der Waals surface area contributed by atoms with Crippen LogP contribution < -0.4 is 16.0 Å². The number of piperidine rings is 1. The van der Waals surface area contributed by atoms with E-state index >= 15 is 0 Å². The number of hydrogen-bond acceptors (Lipinski definition) is 3. The highest BCUT2D eigenvalue weighted by molar-refractivity contribution is 5.83. The average Bonchev–Trinajstić information content (AvgIpc) is 3.11. The minimum Gasteiger partial charge on any atom is -0.361 e. The second-order valence-electron chi connectivity index (χ2n) is 7.38. The number of hydrogen-bond donors (Lipinski definition) is 4. The van der Waals surface area contributed by atoms with E-state index in [9.17, 15) is 9.18 Å². The monoisotopic (exact) mass is 402 g/mol. The van der Waals surface area contributed by atoms with Gasteiger partial charge in [0.05, 0.1) is 6.54 Å². The molecule has 1 fully saturated rings. The van der Waals surface area contributed by atoms with Gasteiger partial charge in [-0.15, -0.1) is 0 Å². The Hall–Kier alpha value is -2.61. The molecule has 1 aromatic heterocycles. The molecule has 0 bridgehead atoms. The van der Waals surface area contributed by atoms with E-state index < -0.39 is 0 Å². The van der Waals surface area contributed by atoms with Crippen molar-refractivity contribution in [2.45, 2.75) is 32.2 Å². The number of benzene rings is 1. The minimum atomic E-state index is -0.223. The Kier molecular flexibility index (Phi) is 7.46. The molecule has 0 spiro atoms. The molecule has 8 heteroatoms. The first-order valence-corrected chi connectivity index (χ1v) is 10.3. The van der Waals surface area contributed by atoms with Crippen LogP contribution in [0, 0.1) is 5.82 Å². The Labute approximate surface area is 171 Å². The molecule has 0 unspecified atom stereocenters. The Balaban J connectivity index is 1.52. The Morgan fingerprint density at radius 2 is 2.14 bits per heavy atom. The number of fused-ring (bicyclic) bond motifs is 1. The van der Waals surface area contributed by atoms with Crippen LogP contribution in [0.1, 0.15) is 25.3 Å². The van der Waals surface area contributed by atoms with Crippen molar-refractivity contribution in [1.29, 1.82) is 0 Å². The van der Waals surface area contributed by atoms with E-state index in [1.54, 1.807) is 19.2 Å². The van der Waals surface area contributed by atoms with Crippen molar-refractivity contribution >= 4 is 22.8 Å². The topological polar surface area (TPSA) is 84.6 Å². The molecule has 1 aromatic carbocycles. The third-order valence-corrected chi connectivity index (χ3v) is 5.30. The molecular weight excluding hydrogens is 371 g/mol. The number of H-pyrrole nitrogens is 1. The van der Waals surface area contributed by atoms with Crippen LogP contribution in [0.3, 0.4) is 0 Å². The number of nitrogens with zero attached hydrogens (tertiary/aromatic N) is 2. The van der Waals surface area contributed by atoms with Gasteiger partial charge in [0.15, 0.2) is 5.96 Å². The van der Waals surface area contributed by atoms with Gasteiger partial charge >= 0.3 is 0 Å².